The van der Waals surface area contributed by atoms with Crippen molar-refractivity contribution >= 4 is 0 Å². The number of ether oxygens (including phenoxy) is 1. The molecule has 1 atom stereocenters. The van der Waals surface area contributed by atoms with E-state index in [-0.39, 0.29) is 11.3 Å². The van der Waals surface area contributed by atoms with Gasteiger partial charge in [0.15, 0.2) is 0 Å². The van der Waals surface area contributed by atoms with Crippen LogP contribution in [0.3, 0.4) is 0 Å². The zero-order valence-electron chi connectivity index (χ0n) is 11.1. The first-order valence-electron chi connectivity index (χ1n) is 6.18. The fourth-order valence-electron chi connectivity index (χ4n) is 1.96. The van der Waals surface area contributed by atoms with E-state index < -0.39 is 29.3 Å². The monoisotopic (exact) mass is 299 g/mol. The van der Waals surface area contributed by atoms with Gasteiger partial charge in [0.1, 0.15) is 17.3 Å². The Labute approximate surface area is 119 Å². The Balaban J connectivity index is 2.47. The first-order chi connectivity index (χ1) is 9.80. The van der Waals surface area contributed by atoms with Gasteiger partial charge in [0.25, 0.3) is 0 Å². The van der Waals surface area contributed by atoms with E-state index in [0.717, 1.165) is 6.07 Å². The highest BCUT2D eigenvalue weighted by Crippen LogP contribution is 2.39. The van der Waals surface area contributed by atoms with E-state index in [1.54, 1.807) is 0 Å². The van der Waals surface area contributed by atoms with E-state index in [0.29, 0.717) is 0 Å². The molecule has 0 aliphatic heterocycles. The summed E-state index contributed by atoms with van der Waals surface area (Å²) in [6.45, 7) is 1.53. The van der Waals surface area contributed by atoms with Crippen LogP contribution in [0.1, 0.15) is 24.1 Å². The SMILES string of the molecule is CC(N)c1c(F)cccc1Oc1ccccc1C(F)(F)F. The van der Waals surface area contributed by atoms with Crippen molar-refractivity contribution in [3.05, 3.63) is 59.4 Å². The molecule has 0 aliphatic rings. The summed E-state index contributed by atoms with van der Waals surface area (Å²) in [5.74, 6) is -1.04. The van der Waals surface area contributed by atoms with Crippen LogP contribution >= 0.6 is 0 Å². The molecule has 6 heteroatoms. The number of benzene rings is 2. The van der Waals surface area contributed by atoms with E-state index in [2.05, 4.69) is 0 Å². The number of hydrogen-bond donors (Lipinski definition) is 1. The molecule has 2 rings (SSSR count). The normalized spacial score (nSPS) is 13.0. The third-order valence-electron chi connectivity index (χ3n) is 2.88. The Morgan fingerprint density at radius 2 is 1.62 bits per heavy atom. The van der Waals surface area contributed by atoms with E-state index >= 15 is 0 Å². The second-order valence-electron chi connectivity index (χ2n) is 4.54. The fraction of sp³-hybridized carbons (Fsp3) is 0.200. The van der Waals surface area contributed by atoms with Crippen LogP contribution in [-0.2, 0) is 6.18 Å². The first-order valence-corrected chi connectivity index (χ1v) is 6.18. The fourth-order valence-corrected chi connectivity index (χ4v) is 1.96. The van der Waals surface area contributed by atoms with Crippen LogP contribution in [0.15, 0.2) is 42.5 Å². The maximum Gasteiger partial charge on any atom is 0.419 e. The van der Waals surface area contributed by atoms with Crippen molar-refractivity contribution in [2.45, 2.75) is 19.1 Å². The van der Waals surface area contributed by atoms with Crippen molar-refractivity contribution in [2.75, 3.05) is 0 Å². The number of rotatable bonds is 3. The molecule has 0 aliphatic carbocycles. The molecule has 0 heterocycles. The molecule has 0 saturated heterocycles. The number of hydrogen-bond acceptors (Lipinski definition) is 2. The lowest BCUT2D eigenvalue weighted by Crippen LogP contribution is -2.11. The highest BCUT2D eigenvalue weighted by atomic mass is 19.4. The van der Waals surface area contributed by atoms with Gasteiger partial charge in [-0.3, -0.25) is 0 Å². The zero-order valence-corrected chi connectivity index (χ0v) is 11.1. The van der Waals surface area contributed by atoms with E-state index in [9.17, 15) is 17.6 Å². The molecule has 0 radical (unpaired) electrons. The summed E-state index contributed by atoms with van der Waals surface area (Å²) in [7, 11) is 0. The largest absolute Gasteiger partial charge is 0.456 e. The van der Waals surface area contributed by atoms with Crippen molar-refractivity contribution in [1.29, 1.82) is 0 Å². The van der Waals surface area contributed by atoms with Crippen LogP contribution in [0.5, 0.6) is 11.5 Å². The summed E-state index contributed by atoms with van der Waals surface area (Å²) in [6.07, 6.45) is -4.56. The average Bonchev–Trinajstić information content (AvgIpc) is 2.37. The predicted octanol–water partition coefficient (Wildman–Crippen LogP) is 4.66. The molecule has 0 bridgehead atoms. The maximum absolute atomic E-state index is 13.8. The van der Waals surface area contributed by atoms with E-state index in [1.807, 2.05) is 0 Å². The maximum atomic E-state index is 13.8. The van der Waals surface area contributed by atoms with Gasteiger partial charge in [-0.25, -0.2) is 4.39 Å². The first kappa shape index (κ1) is 15.3. The minimum Gasteiger partial charge on any atom is -0.456 e. The number of halogens is 4. The molecule has 0 amide bonds. The Hall–Kier alpha value is -2.08. The minimum absolute atomic E-state index is 0.0262. The Morgan fingerprint density at radius 3 is 2.24 bits per heavy atom. The van der Waals surface area contributed by atoms with Gasteiger partial charge in [0.2, 0.25) is 0 Å². The van der Waals surface area contributed by atoms with Crippen LogP contribution in [0, 0.1) is 5.82 Å². The van der Waals surface area contributed by atoms with Crippen LogP contribution < -0.4 is 10.5 Å². The summed E-state index contributed by atoms with van der Waals surface area (Å²) in [4.78, 5) is 0. The van der Waals surface area contributed by atoms with E-state index in [4.69, 9.17) is 10.5 Å². The second kappa shape index (κ2) is 5.73. The van der Waals surface area contributed by atoms with Crippen molar-refractivity contribution in [3.8, 4) is 11.5 Å². The molecule has 0 fully saturated rings. The molecule has 112 valence electrons. The van der Waals surface area contributed by atoms with Gasteiger partial charge in [-0.15, -0.1) is 0 Å². The third-order valence-corrected chi connectivity index (χ3v) is 2.88. The lowest BCUT2D eigenvalue weighted by atomic mass is 10.1. The summed E-state index contributed by atoms with van der Waals surface area (Å²) in [5, 5.41) is 0. The Kier molecular flexibility index (Phi) is 4.18. The molecular weight excluding hydrogens is 286 g/mol. The topological polar surface area (TPSA) is 35.2 Å². The summed E-state index contributed by atoms with van der Waals surface area (Å²) in [6, 6.07) is 7.96. The summed E-state index contributed by atoms with van der Waals surface area (Å²) in [5.41, 5.74) is 4.76. The molecule has 2 aromatic rings. The Morgan fingerprint density at radius 1 is 1.00 bits per heavy atom. The molecule has 2 aromatic carbocycles. The summed E-state index contributed by atoms with van der Waals surface area (Å²) < 4.78 is 57.8. The quantitative estimate of drug-likeness (QED) is 0.837. The second-order valence-corrected chi connectivity index (χ2v) is 4.54. The lowest BCUT2D eigenvalue weighted by molar-refractivity contribution is -0.138. The van der Waals surface area contributed by atoms with Crippen molar-refractivity contribution in [3.63, 3.8) is 0 Å². The highest BCUT2D eigenvalue weighted by Gasteiger charge is 2.34. The van der Waals surface area contributed by atoms with Gasteiger partial charge in [-0.05, 0) is 31.2 Å². The molecule has 0 aromatic heterocycles. The van der Waals surface area contributed by atoms with Gasteiger partial charge in [-0.1, -0.05) is 18.2 Å². The van der Waals surface area contributed by atoms with Gasteiger partial charge in [0, 0.05) is 11.6 Å². The molecule has 1 unspecified atom stereocenters. The van der Waals surface area contributed by atoms with Crippen LogP contribution in [-0.4, -0.2) is 0 Å². The zero-order chi connectivity index (χ0) is 15.6. The van der Waals surface area contributed by atoms with Crippen molar-refractivity contribution in [1.82, 2.24) is 0 Å². The lowest BCUT2D eigenvalue weighted by Gasteiger charge is -2.17. The number of para-hydroxylation sites is 1. The van der Waals surface area contributed by atoms with E-state index in [1.165, 1.54) is 43.3 Å². The highest BCUT2D eigenvalue weighted by molar-refractivity contribution is 5.43. The molecule has 2 nitrogen and oxygen atoms in total. The molecule has 0 saturated carbocycles. The van der Waals surface area contributed by atoms with Crippen molar-refractivity contribution in [2.24, 2.45) is 5.73 Å². The number of alkyl halides is 3. The van der Waals surface area contributed by atoms with Gasteiger partial charge >= 0.3 is 6.18 Å². The van der Waals surface area contributed by atoms with Crippen LogP contribution in [0.2, 0.25) is 0 Å². The molecular formula is C15H13F4NO. The minimum atomic E-state index is -4.56. The number of nitrogens with two attached hydrogens (primary N) is 1. The van der Waals surface area contributed by atoms with Gasteiger partial charge < -0.3 is 10.5 Å². The summed E-state index contributed by atoms with van der Waals surface area (Å²) >= 11 is 0. The smallest absolute Gasteiger partial charge is 0.419 e. The predicted molar refractivity (Wildman–Crippen MR) is 70.5 cm³/mol. The van der Waals surface area contributed by atoms with Crippen molar-refractivity contribution < 1.29 is 22.3 Å². The molecule has 0 spiro atoms. The van der Waals surface area contributed by atoms with Crippen LogP contribution in [0.25, 0.3) is 0 Å². The van der Waals surface area contributed by atoms with Crippen LogP contribution in [0.4, 0.5) is 17.6 Å². The average molecular weight is 299 g/mol. The molecule has 21 heavy (non-hydrogen) atoms. The standard InChI is InChI=1S/C15H13F4NO/c1-9(20)14-11(16)6-4-8-13(14)21-12-7-3-2-5-10(12)15(17,18)19/h2-9H,20H2,1H3. The molecule has 2 N–H and O–H groups in total. The third kappa shape index (κ3) is 3.33. The van der Waals surface area contributed by atoms with Gasteiger partial charge in [0.05, 0.1) is 5.56 Å². The van der Waals surface area contributed by atoms with Gasteiger partial charge in [-0.2, -0.15) is 13.2 Å². The Bertz CT molecular complexity index is 638.